The summed E-state index contributed by atoms with van der Waals surface area (Å²) in [6.07, 6.45) is 1.31. The van der Waals surface area contributed by atoms with E-state index in [9.17, 15) is 29.8 Å². The summed E-state index contributed by atoms with van der Waals surface area (Å²) in [5, 5.41) is 25.9. The molecule has 0 atom stereocenters. The van der Waals surface area contributed by atoms with Gasteiger partial charge < -0.3 is 9.47 Å². The average Bonchev–Trinajstić information content (AvgIpc) is 2.83. The monoisotopic (exact) mass is 464 g/mol. The predicted molar refractivity (Wildman–Crippen MR) is 119 cm³/mol. The first kappa shape index (κ1) is 23.5. The SMILES string of the molecule is COc1ccccc1C(=O)N/N=C\c1cccc(OC(=O)c2cc([N+](=O)[O-])cc([N+](=O)[O-])c2)c1. The van der Waals surface area contributed by atoms with Crippen LogP contribution in [0, 0.1) is 20.2 Å². The van der Waals surface area contributed by atoms with Crippen LogP contribution < -0.4 is 14.9 Å². The van der Waals surface area contributed by atoms with Crippen LogP contribution in [0.3, 0.4) is 0 Å². The lowest BCUT2D eigenvalue weighted by molar-refractivity contribution is -0.394. The molecule has 0 spiro atoms. The van der Waals surface area contributed by atoms with Crippen molar-refractivity contribution < 1.29 is 28.9 Å². The molecule has 1 N–H and O–H groups in total. The van der Waals surface area contributed by atoms with Crippen molar-refractivity contribution in [3.8, 4) is 11.5 Å². The second-order valence-corrected chi connectivity index (χ2v) is 6.61. The third-order valence-electron chi connectivity index (χ3n) is 4.36. The Hall–Kier alpha value is -5.13. The summed E-state index contributed by atoms with van der Waals surface area (Å²) in [5.74, 6) is -1.08. The molecule has 0 saturated heterocycles. The molecule has 3 aromatic carbocycles. The molecule has 12 heteroatoms. The highest BCUT2D eigenvalue weighted by atomic mass is 16.6. The Labute approximate surface area is 191 Å². The van der Waals surface area contributed by atoms with Crippen LogP contribution >= 0.6 is 0 Å². The lowest BCUT2D eigenvalue weighted by Crippen LogP contribution is -2.18. The van der Waals surface area contributed by atoms with E-state index in [0.29, 0.717) is 11.3 Å². The van der Waals surface area contributed by atoms with Crippen LogP contribution in [-0.2, 0) is 0 Å². The third kappa shape index (κ3) is 5.76. The molecule has 0 bridgehead atoms. The maximum absolute atomic E-state index is 12.4. The van der Waals surface area contributed by atoms with Crippen molar-refractivity contribution in [2.24, 2.45) is 5.10 Å². The van der Waals surface area contributed by atoms with Crippen LogP contribution in [0.15, 0.2) is 71.8 Å². The van der Waals surface area contributed by atoms with E-state index in [1.54, 1.807) is 36.4 Å². The molecule has 3 aromatic rings. The zero-order valence-corrected chi connectivity index (χ0v) is 17.5. The molecule has 12 nitrogen and oxygen atoms in total. The number of esters is 1. The van der Waals surface area contributed by atoms with E-state index in [-0.39, 0.29) is 16.9 Å². The van der Waals surface area contributed by atoms with Gasteiger partial charge in [-0.1, -0.05) is 24.3 Å². The summed E-state index contributed by atoms with van der Waals surface area (Å²) in [5.41, 5.74) is 1.51. The molecule has 0 aliphatic heterocycles. The van der Waals surface area contributed by atoms with Gasteiger partial charge in [0, 0.05) is 12.1 Å². The largest absolute Gasteiger partial charge is 0.496 e. The van der Waals surface area contributed by atoms with E-state index in [4.69, 9.17) is 9.47 Å². The van der Waals surface area contributed by atoms with Crippen molar-refractivity contribution in [3.05, 3.63) is 104 Å². The maximum atomic E-state index is 12.4. The van der Waals surface area contributed by atoms with Gasteiger partial charge in [-0.2, -0.15) is 5.10 Å². The smallest absolute Gasteiger partial charge is 0.344 e. The molecule has 0 radical (unpaired) electrons. The summed E-state index contributed by atoms with van der Waals surface area (Å²) < 4.78 is 10.3. The number of hydrazone groups is 1. The van der Waals surface area contributed by atoms with Crippen molar-refractivity contribution in [1.82, 2.24) is 5.43 Å². The van der Waals surface area contributed by atoms with Gasteiger partial charge in [-0.15, -0.1) is 0 Å². The minimum atomic E-state index is -1.02. The molecular weight excluding hydrogens is 448 g/mol. The Balaban J connectivity index is 1.72. The first-order chi connectivity index (χ1) is 16.3. The fraction of sp³-hybridized carbons (Fsp3) is 0.0455. The van der Waals surface area contributed by atoms with Crippen molar-refractivity contribution in [1.29, 1.82) is 0 Å². The van der Waals surface area contributed by atoms with Crippen LogP contribution in [0.5, 0.6) is 11.5 Å². The number of hydrogen-bond donors (Lipinski definition) is 1. The van der Waals surface area contributed by atoms with Crippen LogP contribution in [0.4, 0.5) is 11.4 Å². The zero-order chi connectivity index (χ0) is 24.7. The van der Waals surface area contributed by atoms with E-state index in [1.165, 1.54) is 25.5 Å². The number of nitro benzene ring substituents is 2. The number of nitrogens with one attached hydrogen (secondary N) is 1. The summed E-state index contributed by atoms with van der Waals surface area (Å²) >= 11 is 0. The molecule has 1 amide bonds. The standard InChI is InChI=1S/C22H16N4O8/c1-33-20-8-3-2-7-19(20)21(27)24-23-13-14-5-4-6-18(9-14)34-22(28)15-10-16(25(29)30)12-17(11-15)26(31)32/h2-13H,1H3,(H,24,27)/b23-13-. The number of amides is 1. The molecule has 0 aliphatic carbocycles. The number of non-ortho nitro benzene ring substituents is 2. The highest BCUT2D eigenvalue weighted by Gasteiger charge is 2.21. The van der Waals surface area contributed by atoms with Gasteiger partial charge in [0.05, 0.1) is 40.4 Å². The van der Waals surface area contributed by atoms with E-state index in [0.717, 1.165) is 18.2 Å². The van der Waals surface area contributed by atoms with Gasteiger partial charge >= 0.3 is 5.97 Å². The van der Waals surface area contributed by atoms with Crippen molar-refractivity contribution >= 4 is 29.5 Å². The summed E-state index contributed by atoms with van der Waals surface area (Å²) in [6.45, 7) is 0. The summed E-state index contributed by atoms with van der Waals surface area (Å²) in [4.78, 5) is 45.0. The Morgan fingerprint density at radius 2 is 1.62 bits per heavy atom. The average molecular weight is 464 g/mol. The molecule has 0 aromatic heterocycles. The number of rotatable bonds is 8. The van der Waals surface area contributed by atoms with E-state index in [2.05, 4.69) is 10.5 Å². The van der Waals surface area contributed by atoms with Gasteiger partial charge in [0.2, 0.25) is 0 Å². The molecule has 172 valence electrons. The normalized spacial score (nSPS) is 10.5. The number of methoxy groups -OCH3 is 1. The van der Waals surface area contributed by atoms with Gasteiger partial charge in [-0.3, -0.25) is 25.0 Å². The van der Waals surface area contributed by atoms with Crippen LogP contribution in [-0.4, -0.2) is 35.0 Å². The molecular formula is C22H16N4O8. The number of nitrogens with zero attached hydrogens (tertiary/aromatic N) is 3. The number of carbonyl (C=O) groups excluding carboxylic acids is 2. The van der Waals surface area contributed by atoms with Crippen molar-refractivity contribution in [2.45, 2.75) is 0 Å². The number of benzene rings is 3. The molecule has 34 heavy (non-hydrogen) atoms. The fourth-order valence-corrected chi connectivity index (χ4v) is 2.81. The van der Waals surface area contributed by atoms with E-state index in [1.807, 2.05) is 0 Å². The van der Waals surface area contributed by atoms with Crippen LogP contribution in [0.1, 0.15) is 26.3 Å². The van der Waals surface area contributed by atoms with Gasteiger partial charge in [0.15, 0.2) is 0 Å². The number of para-hydroxylation sites is 1. The fourth-order valence-electron chi connectivity index (χ4n) is 2.81. The number of carbonyl (C=O) groups is 2. The quantitative estimate of drug-likeness (QED) is 0.174. The number of nitro groups is 2. The maximum Gasteiger partial charge on any atom is 0.344 e. The van der Waals surface area contributed by atoms with Gasteiger partial charge in [-0.05, 0) is 29.8 Å². The number of hydrogen-bond acceptors (Lipinski definition) is 9. The predicted octanol–water partition coefficient (Wildman–Crippen LogP) is 3.49. The topological polar surface area (TPSA) is 163 Å². The van der Waals surface area contributed by atoms with E-state index < -0.39 is 33.1 Å². The Kier molecular flexibility index (Phi) is 7.24. The zero-order valence-electron chi connectivity index (χ0n) is 17.5. The lowest BCUT2D eigenvalue weighted by Gasteiger charge is -2.06. The Bertz CT molecular complexity index is 1270. The molecule has 0 aliphatic rings. The Morgan fingerprint density at radius 1 is 0.941 bits per heavy atom. The molecule has 0 unspecified atom stereocenters. The Morgan fingerprint density at radius 3 is 2.26 bits per heavy atom. The highest BCUT2D eigenvalue weighted by Crippen LogP contribution is 2.24. The summed E-state index contributed by atoms with van der Waals surface area (Å²) in [6, 6.07) is 15.1. The molecule has 0 heterocycles. The molecule has 3 rings (SSSR count). The second-order valence-electron chi connectivity index (χ2n) is 6.61. The minimum absolute atomic E-state index is 0.0548. The summed E-state index contributed by atoms with van der Waals surface area (Å²) in [7, 11) is 1.44. The molecule has 0 saturated carbocycles. The minimum Gasteiger partial charge on any atom is -0.496 e. The molecule has 0 fully saturated rings. The van der Waals surface area contributed by atoms with E-state index >= 15 is 0 Å². The first-order valence-corrected chi connectivity index (χ1v) is 9.51. The highest BCUT2D eigenvalue weighted by molar-refractivity contribution is 5.97. The van der Waals surface area contributed by atoms with Gasteiger partial charge in [0.1, 0.15) is 11.5 Å². The van der Waals surface area contributed by atoms with Crippen molar-refractivity contribution in [3.63, 3.8) is 0 Å². The van der Waals surface area contributed by atoms with Gasteiger partial charge in [0.25, 0.3) is 17.3 Å². The number of ether oxygens (including phenoxy) is 2. The van der Waals surface area contributed by atoms with Crippen LogP contribution in [0.25, 0.3) is 0 Å². The van der Waals surface area contributed by atoms with Crippen molar-refractivity contribution in [2.75, 3.05) is 7.11 Å². The second kappa shape index (κ2) is 10.5. The first-order valence-electron chi connectivity index (χ1n) is 9.51. The van der Waals surface area contributed by atoms with Crippen LogP contribution in [0.2, 0.25) is 0 Å². The lowest BCUT2D eigenvalue weighted by atomic mass is 10.1. The van der Waals surface area contributed by atoms with Gasteiger partial charge in [-0.25, -0.2) is 10.2 Å². The third-order valence-corrected chi connectivity index (χ3v) is 4.36.